The van der Waals surface area contributed by atoms with Crippen molar-refractivity contribution in [2.24, 2.45) is 0 Å². The van der Waals surface area contributed by atoms with E-state index in [-0.39, 0.29) is 6.79 Å². The first-order valence-corrected chi connectivity index (χ1v) is 5.10. The summed E-state index contributed by atoms with van der Waals surface area (Å²) < 4.78 is 10.6. The Morgan fingerprint density at radius 3 is 2.75 bits per heavy atom. The SMILES string of the molecule is O=C(O)/C=C1\CCc2cc3c(cc21)OCO3. The zero-order chi connectivity index (χ0) is 11.1. The van der Waals surface area contributed by atoms with Gasteiger partial charge in [0.1, 0.15) is 0 Å². The van der Waals surface area contributed by atoms with Gasteiger partial charge in [-0.1, -0.05) is 0 Å². The standard InChI is InChI=1S/C12H10O4/c13-12(14)4-8-2-1-7-3-10-11(5-9(7)8)16-6-15-10/h3-5H,1-2,6H2,(H,13,14)/b8-4+. The molecule has 4 nitrogen and oxygen atoms in total. The van der Waals surface area contributed by atoms with E-state index in [0.717, 1.165) is 35.3 Å². The van der Waals surface area contributed by atoms with E-state index in [9.17, 15) is 4.79 Å². The fraction of sp³-hybridized carbons (Fsp3) is 0.250. The summed E-state index contributed by atoms with van der Waals surface area (Å²) in [5.74, 6) is 0.563. The van der Waals surface area contributed by atoms with Crippen LogP contribution >= 0.6 is 0 Å². The first-order chi connectivity index (χ1) is 7.74. The van der Waals surface area contributed by atoms with Gasteiger partial charge in [-0.05, 0) is 41.7 Å². The molecular weight excluding hydrogens is 208 g/mol. The van der Waals surface area contributed by atoms with Crippen LogP contribution in [0, 0.1) is 0 Å². The van der Waals surface area contributed by atoms with E-state index in [1.165, 1.54) is 6.08 Å². The van der Waals surface area contributed by atoms with Crippen LogP contribution in [0.15, 0.2) is 18.2 Å². The van der Waals surface area contributed by atoms with E-state index in [2.05, 4.69) is 0 Å². The minimum atomic E-state index is -0.902. The van der Waals surface area contributed by atoms with Crippen LogP contribution in [0.5, 0.6) is 11.5 Å². The van der Waals surface area contributed by atoms with Crippen molar-refractivity contribution >= 4 is 11.5 Å². The number of rotatable bonds is 1. The molecule has 0 atom stereocenters. The Kier molecular flexibility index (Phi) is 1.89. The van der Waals surface area contributed by atoms with Gasteiger partial charge < -0.3 is 14.6 Å². The van der Waals surface area contributed by atoms with Crippen LogP contribution in [0.3, 0.4) is 0 Å². The minimum Gasteiger partial charge on any atom is -0.478 e. The van der Waals surface area contributed by atoms with Crippen molar-refractivity contribution < 1.29 is 19.4 Å². The van der Waals surface area contributed by atoms with E-state index < -0.39 is 5.97 Å². The molecule has 16 heavy (non-hydrogen) atoms. The second-order valence-corrected chi connectivity index (χ2v) is 3.87. The Bertz CT molecular complexity index is 502. The number of hydrogen-bond donors (Lipinski definition) is 1. The Hall–Kier alpha value is -1.97. The molecule has 3 rings (SSSR count). The zero-order valence-electron chi connectivity index (χ0n) is 8.53. The lowest BCUT2D eigenvalue weighted by Gasteiger charge is -2.02. The first kappa shape index (κ1) is 9.27. The van der Waals surface area contributed by atoms with Crippen molar-refractivity contribution in [2.45, 2.75) is 12.8 Å². The molecule has 1 N–H and O–H groups in total. The van der Waals surface area contributed by atoms with Crippen LogP contribution in [0.1, 0.15) is 17.5 Å². The predicted octanol–water partition coefficient (Wildman–Crippen LogP) is 1.83. The molecule has 1 aliphatic carbocycles. The highest BCUT2D eigenvalue weighted by Gasteiger charge is 2.23. The number of carboxylic acid groups (broad SMARTS) is 1. The quantitative estimate of drug-likeness (QED) is 0.730. The van der Waals surface area contributed by atoms with Crippen molar-refractivity contribution in [3.63, 3.8) is 0 Å². The van der Waals surface area contributed by atoms with Crippen molar-refractivity contribution in [1.82, 2.24) is 0 Å². The highest BCUT2D eigenvalue weighted by atomic mass is 16.7. The highest BCUT2D eigenvalue weighted by molar-refractivity contribution is 5.92. The van der Waals surface area contributed by atoms with Crippen molar-refractivity contribution in [3.05, 3.63) is 29.3 Å². The summed E-state index contributed by atoms with van der Waals surface area (Å²) in [7, 11) is 0. The molecule has 0 bridgehead atoms. The lowest BCUT2D eigenvalue weighted by atomic mass is 10.1. The van der Waals surface area contributed by atoms with Gasteiger partial charge >= 0.3 is 5.97 Å². The minimum absolute atomic E-state index is 0.246. The molecule has 1 aliphatic heterocycles. The van der Waals surface area contributed by atoms with Crippen molar-refractivity contribution in [3.8, 4) is 11.5 Å². The highest BCUT2D eigenvalue weighted by Crippen LogP contribution is 2.41. The van der Waals surface area contributed by atoms with Crippen LogP contribution < -0.4 is 9.47 Å². The van der Waals surface area contributed by atoms with Gasteiger partial charge in [0.15, 0.2) is 11.5 Å². The molecule has 1 aromatic carbocycles. The van der Waals surface area contributed by atoms with E-state index in [1.807, 2.05) is 12.1 Å². The maximum atomic E-state index is 10.7. The topological polar surface area (TPSA) is 55.8 Å². The molecule has 1 heterocycles. The van der Waals surface area contributed by atoms with Gasteiger partial charge in [0.05, 0.1) is 0 Å². The number of carbonyl (C=O) groups is 1. The summed E-state index contributed by atoms with van der Waals surface area (Å²) in [6.45, 7) is 0.246. The summed E-state index contributed by atoms with van der Waals surface area (Å²) >= 11 is 0. The molecule has 4 heteroatoms. The van der Waals surface area contributed by atoms with Gasteiger partial charge in [-0.25, -0.2) is 4.79 Å². The third-order valence-electron chi connectivity index (χ3n) is 2.91. The summed E-state index contributed by atoms with van der Waals surface area (Å²) in [6, 6.07) is 3.82. The number of ether oxygens (including phenoxy) is 2. The Balaban J connectivity index is 2.09. The second-order valence-electron chi connectivity index (χ2n) is 3.87. The van der Waals surface area contributed by atoms with Crippen LogP contribution in [-0.2, 0) is 11.2 Å². The van der Waals surface area contributed by atoms with Crippen molar-refractivity contribution in [2.75, 3.05) is 6.79 Å². The van der Waals surface area contributed by atoms with E-state index in [4.69, 9.17) is 14.6 Å². The lowest BCUT2D eigenvalue weighted by molar-refractivity contribution is -0.131. The zero-order valence-corrected chi connectivity index (χ0v) is 8.53. The molecule has 2 aliphatic rings. The molecule has 0 aromatic heterocycles. The summed E-state index contributed by atoms with van der Waals surface area (Å²) in [5.41, 5.74) is 2.98. The molecule has 0 fully saturated rings. The maximum absolute atomic E-state index is 10.7. The number of aliphatic carboxylic acids is 1. The molecule has 0 saturated carbocycles. The largest absolute Gasteiger partial charge is 0.478 e. The van der Waals surface area contributed by atoms with Gasteiger partial charge in [-0.3, -0.25) is 0 Å². The van der Waals surface area contributed by atoms with Gasteiger partial charge in [0, 0.05) is 6.08 Å². The smallest absolute Gasteiger partial charge is 0.328 e. The number of allylic oxidation sites excluding steroid dienone is 1. The molecule has 0 amide bonds. The molecular formula is C12H10O4. The van der Waals surface area contributed by atoms with Gasteiger partial charge in [0.2, 0.25) is 6.79 Å². The Morgan fingerprint density at radius 2 is 2.00 bits per heavy atom. The van der Waals surface area contributed by atoms with Crippen LogP contribution in [0.25, 0.3) is 5.57 Å². The monoisotopic (exact) mass is 218 g/mol. The molecule has 1 aromatic rings. The van der Waals surface area contributed by atoms with Gasteiger partial charge in [-0.15, -0.1) is 0 Å². The number of benzene rings is 1. The summed E-state index contributed by atoms with van der Waals surface area (Å²) in [4.78, 5) is 10.7. The Morgan fingerprint density at radius 1 is 1.25 bits per heavy atom. The molecule has 0 saturated heterocycles. The van der Waals surface area contributed by atoms with E-state index in [0.29, 0.717) is 5.75 Å². The summed E-state index contributed by atoms with van der Waals surface area (Å²) in [5, 5.41) is 8.76. The average Bonchev–Trinajstić information content (AvgIpc) is 2.81. The van der Waals surface area contributed by atoms with E-state index in [1.54, 1.807) is 0 Å². The van der Waals surface area contributed by atoms with Crippen LogP contribution in [0.2, 0.25) is 0 Å². The fourth-order valence-corrected chi connectivity index (χ4v) is 2.19. The molecule has 0 spiro atoms. The Labute approximate surface area is 92.1 Å². The molecule has 82 valence electrons. The number of hydrogen-bond acceptors (Lipinski definition) is 3. The van der Waals surface area contributed by atoms with Gasteiger partial charge in [-0.2, -0.15) is 0 Å². The van der Waals surface area contributed by atoms with Gasteiger partial charge in [0.25, 0.3) is 0 Å². The molecule has 0 radical (unpaired) electrons. The van der Waals surface area contributed by atoms with E-state index >= 15 is 0 Å². The number of aryl methyl sites for hydroxylation is 1. The first-order valence-electron chi connectivity index (χ1n) is 5.10. The number of carboxylic acids is 1. The predicted molar refractivity (Wildman–Crippen MR) is 56.5 cm³/mol. The third kappa shape index (κ3) is 1.34. The normalized spacial score (nSPS) is 18.9. The average molecular weight is 218 g/mol. The van der Waals surface area contributed by atoms with Crippen molar-refractivity contribution in [1.29, 1.82) is 0 Å². The fourth-order valence-electron chi connectivity index (χ4n) is 2.19. The third-order valence-corrected chi connectivity index (χ3v) is 2.91. The number of fused-ring (bicyclic) bond motifs is 2. The molecule has 0 unspecified atom stereocenters. The van der Waals surface area contributed by atoms with Crippen LogP contribution in [-0.4, -0.2) is 17.9 Å². The maximum Gasteiger partial charge on any atom is 0.328 e. The second kappa shape index (κ2) is 3.27. The van der Waals surface area contributed by atoms with Crippen LogP contribution in [0.4, 0.5) is 0 Å². The summed E-state index contributed by atoms with van der Waals surface area (Å²) in [6.07, 6.45) is 2.91. The lowest BCUT2D eigenvalue weighted by Crippen LogP contribution is -1.93.